The molecule has 0 aromatic rings. The number of hydrogen-bond acceptors (Lipinski definition) is 3. The van der Waals surface area contributed by atoms with E-state index in [0.29, 0.717) is 0 Å². The highest BCUT2D eigenvalue weighted by molar-refractivity contribution is 7.98. The molecule has 13 heavy (non-hydrogen) atoms. The highest BCUT2D eigenvalue weighted by atomic mass is 32.2. The monoisotopic (exact) mass is 202 g/mol. The highest BCUT2D eigenvalue weighted by Crippen LogP contribution is 2.23. The fourth-order valence-corrected chi connectivity index (χ4v) is 1.98. The van der Waals surface area contributed by atoms with Gasteiger partial charge in [-0.25, -0.2) is 0 Å². The van der Waals surface area contributed by atoms with Gasteiger partial charge in [0.15, 0.2) is 0 Å². The summed E-state index contributed by atoms with van der Waals surface area (Å²) >= 11 is 1.75. The first-order chi connectivity index (χ1) is 6.24. The number of thioether (sulfide) groups is 1. The summed E-state index contributed by atoms with van der Waals surface area (Å²) in [5.41, 5.74) is 5.73. The van der Waals surface area contributed by atoms with E-state index < -0.39 is 0 Å². The second-order valence-corrected chi connectivity index (χ2v) is 4.54. The lowest BCUT2D eigenvalue weighted by atomic mass is 10.1. The van der Waals surface area contributed by atoms with E-state index in [2.05, 4.69) is 5.32 Å². The van der Waals surface area contributed by atoms with E-state index in [-0.39, 0.29) is 17.9 Å². The van der Waals surface area contributed by atoms with Crippen molar-refractivity contribution in [3.63, 3.8) is 0 Å². The molecule has 1 saturated carbocycles. The predicted molar refractivity (Wildman–Crippen MR) is 56.7 cm³/mol. The molecule has 1 amide bonds. The summed E-state index contributed by atoms with van der Waals surface area (Å²) in [5, 5.41) is 2.93. The summed E-state index contributed by atoms with van der Waals surface area (Å²) in [7, 11) is 0. The van der Waals surface area contributed by atoms with Gasteiger partial charge in [0.1, 0.15) is 0 Å². The van der Waals surface area contributed by atoms with Crippen molar-refractivity contribution in [1.29, 1.82) is 0 Å². The molecule has 0 aromatic carbocycles. The quantitative estimate of drug-likeness (QED) is 0.656. The van der Waals surface area contributed by atoms with Crippen LogP contribution in [0, 0.1) is 5.92 Å². The molecule has 76 valence electrons. The average molecular weight is 202 g/mol. The molecule has 3 N–H and O–H groups in total. The molecule has 2 atom stereocenters. The number of amides is 1. The van der Waals surface area contributed by atoms with Gasteiger partial charge in [0, 0.05) is 24.3 Å². The number of nitrogens with one attached hydrogen (secondary N) is 1. The van der Waals surface area contributed by atoms with Crippen LogP contribution < -0.4 is 11.1 Å². The average Bonchev–Trinajstić information content (AvgIpc) is 2.52. The van der Waals surface area contributed by atoms with Crippen molar-refractivity contribution in [1.82, 2.24) is 5.32 Å². The Labute approximate surface area is 83.8 Å². The molecule has 0 bridgehead atoms. The second kappa shape index (κ2) is 5.50. The molecule has 1 aliphatic carbocycles. The summed E-state index contributed by atoms with van der Waals surface area (Å²) in [6.45, 7) is 0.783. The molecule has 0 radical (unpaired) electrons. The van der Waals surface area contributed by atoms with Crippen LogP contribution in [0.25, 0.3) is 0 Å². The van der Waals surface area contributed by atoms with Gasteiger partial charge in [-0.05, 0) is 25.5 Å². The minimum atomic E-state index is 0.178. The van der Waals surface area contributed by atoms with Crippen LogP contribution in [-0.2, 0) is 4.79 Å². The van der Waals surface area contributed by atoms with Gasteiger partial charge in [0.2, 0.25) is 5.91 Å². The van der Waals surface area contributed by atoms with Crippen molar-refractivity contribution in [3.05, 3.63) is 0 Å². The zero-order valence-electron chi connectivity index (χ0n) is 8.08. The van der Waals surface area contributed by atoms with Crippen LogP contribution in [0.3, 0.4) is 0 Å². The van der Waals surface area contributed by atoms with E-state index >= 15 is 0 Å². The Hall–Kier alpha value is -0.220. The normalized spacial score (nSPS) is 27.5. The number of rotatable bonds is 4. The maximum Gasteiger partial charge on any atom is 0.223 e. The molecule has 0 aliphatic heterocycles. The van der Waals surface area contributed by atoms with Crippen LogP contribution in [0.1, 0.15) is 19.3 Å². The second-order valence-electron chi connectivity index (χ2n) is 3.55. The van der Waals surface area contributed by atoms with Gasteiger partial charge in [-0.15, -0.1) is 0 Å². The largest absolute Gasteiger partial charge is 0.355 e. The number of carbonyl (C=O) groups excluding carboxylic acids is 1. The van der Waals surface area contributed by atoms with Crippen molar-refractivity contribution in [2.75, 3.05) is 18.6 Å². The third-order valence-corrected chi connectivity index (χ3v) is 3.06. The first-order valence-corrected chi connectivity index (χ1v) is 6.15. The van der Waals surface area contributed by atoms with Gasteiger partial charge >= 0.3 is 0 Å². The molecule has 1 fully saturated rings. The molecule has 2 unspecified atom stereocenters. The Balaban J connectivity index is 2.16. The Kier molecular flexibility index (Phi) is 4.59. The standard InChI is InChI=1S/C9H18N2OS/c1-13-5-4-11-9(12)7-2-3-8(10)6-7/h7-8H,2-6,10H2,1H3,(H,11,12). The minimum Gasteiger partial charge on any atom is -0.355 e. The molecule has 0 spiro atoms. The van der Waals surface area contributed by atoms with Crippen molar-refractivity contribution in [3.8, 4) is 0 Å². The first-order valence-electron chi connectivity index (χ1n) is 4.76. The Morgan fingerprint density at radius 3 is 2.92 bits per heavy atom. The van der Waals surface area contributed by atoms with E-state index in [9.17, 15) is 4.79 Å². The molecular weight excluding hydrogens is 184 g/mol. The zero-order chi connectivity index (χ0) is 9.68. The van der Waals surface area contributed by atoms with Gasteiger partial charge in [-0.3, -0.25) is 4.79 Å². The van der Waals surface area contributed by atoms with Gasteiger partial charge in [-0.1, -0.05) is 0 Å². The molecule has 3 nitrogen and oxygen atoms in total. The maximum absolute atomic E-state index is 11.5. The Morgan fingerprint density at radius 2 is 2.38 bits per heavy atom. The lowest BCUT2D eigenvalue weighted by Gasteiger charge is -2.09. The fourth-order valence-electron chi connectivity index (χ4n) is 1.68. The van der Waals surface area contributed by atoms with Gasteiger partial charge < -0.3 is 11.1 Å². The molecule has 0 saturated heterocycles. The summed E-state index contributed by atoms with van der Waals surface area (Å²) < 4.78 is 0. The van der Waals surface area contributed by atoms with Crippen LogP contribution in [0.4, 0.5) is 0 Å². The van der Waals surface area contributed by atoms with Crippen LogP contribution in [-0.4, -0.2) is 30.5 Å². The van der Waals surface area contributed by atoms with Crippen LogP contribution in [0.2, 0.25) is 0 Å². The first kappa shape index (κ1) is 10.9. The zero-order valence-corrected chi connectivity index (χ0v) is 8.90. The molecule has 1 aliphatic rings. The number of nitrogens with two attached hydrogens (primary N) is 1. The number of carbonyl (C=O) groups is 1. The third kappa shape index (κ3) is 3.56. The summed E-state index contributed by atoms with van der Waals surface area (Å²) in [4.78, 5) is 11.5. The molecule has 0 heterocycles. The van der Waals surface area contributed by atoms with E-state index in [0.717, 1.165) is 31.6 Å². The SMILES string of the molecule is CSCCNC(=O)C1CCC(N)C1. The van der Waals surface area contributed by atoms with E-state index in [1.807, 2.05) is 6.26 Å². The van der Waals surface area contributed by atoms with Crippen molar-refractivity contribution in [2.24, 2.45) is 11.7 Å². The number of hydrogen-bond donors (Lipinski definition) is 2. The topological polar surface area (TPSA) is 55.1 Å². The van der Waals surface area contributed by atoms with Gasteiger partial charge in [0.25, 0.3) is 0 Å². The van der Waals surface area contributed by atoms with Crippen molar-refractivity contribution < 1.29 is 4.79 Å². The van der Waals surface area contributed by atoms with Gasteiger partial charge in [-0.2, -0.15) is 11.8 Å². The van der Waals surface area contributed by atoms with Crippen molar-refractivity contribution >= 4 is 17.7 Å². The van der Waals surface area contributed by atoms with Crippen LogP contribution in [0.15, 0.2) is 0 Å². The lowest BCUT2D eigenvalue weighted by Crippen LogP contribution is -2.31. The highest BCUT2D eigenvalue weighted by Gasteiger charge is 2.27. The summed E-state index contributed by atoms with van der Waals surface area (Å²) in [5.74, 6) is 1.36. The third-order valence-electron chi connectivity index (χ3n) is 2.45. The molecular formula is C9H18N2OS. The van der Waals surface area contributed by atoms with E-state index in [4.69, 9.17) is 5.73 Å². The van der Waals surface area contributed by atoms with Crippen molar-refractivity contribution in [2.45, 2.75) is 25.3 Å². The molecule has 4 heteroatoms. The summed E-state index contributed by atoms with van der Waals surface area (Å²) in [6.07, 6.45) is 4.87. The van der Waals surface area contributed by atoms with Gasteiger partial charge in [0.05, 0.1) is 0 Å². The van der Waals surface area contributed by atoms with Crippen LogP contribution >= 0.6 is 11.8 Å². The minimum absolute atomic E-state index is 0.178. The molecule has 0 aromatic heterocycles. The Bertz CT molecular complexity index is 175. The lowest BCUT2D eigenvalue weighted by molar-refractivity contribution is -0.124. The van der Waals surface area contributed by atoms with Crippen LogP contribution in [0.5, 0.6) is 0 Å². The Morgan fingerprint density at radius 1 is 1.62 bits per heavy atom. The smallest absolute Gasteiger partial charge is 0.223 e. The molecule has 1 rings (SSSR count). The summed E-state index contributed by atoms with van der Waals surface area (Å²) in [6, 6.07) is 0.247. The maximum atomic E-state index is 11.5. The fraction of sp³-hybridized carbons (Fsp3) is 0.889. The van der Waals surface area contributed by atoms with E-state index in [1.54, 1.807) is 11.8 Å². The predicted octanol–water partition coefficient (Wildman–Crippen LogP) is 0.593. The van der Waals surface area contributed by atoms with E-state index in [1.165, 1.54) is 0 Å².